The Bertz CT molecular complexity index is 2280. The van der Waals surface area contributed by atoms with Crippen LogP contribution in [0.15, 0.2) is 134 Å². The molecule has 40 heavy (non-hydrogen) atoms. The summed E-state index contributed by atoms with van der Waals surface area (Å²) in [6, 6.07) is 46.5. The summed E-state index contributed by atoms with van der Waals surface area (Å²) < 4.78 is 2.48. The Morgan fingerprint density at radius 2 is 1.32 bits per heavy atom. The van der Waals surface area contributed by atoms with E-state index < -0.39 is 0 Å². The van der Waals surface area contributed by atoms with Gasteiger partial charge in [-0.25, -0.2) is 0 Å². The maximum atomic E-state index is 4.69. The molecule has 2 heteroatoms. The van der Waals surface area contributed by atoms with Crippen LogP contribution in [0.5, 0.6) is 0 Å². The fraction of sp³-hybridized carbons (Fsp3) is 0.0263. The molecule has 1 aliphatic carbocycles. The first-order valence-corrected chi connectivity index (χ1v) is 13.9. The number of hydrogen-bond donors (Lipinski definition) is 0. The van der Waals surface area contributed by atoms with Crippen molar-refractivity contribution in [3.8, 4) is 27.9 Å². The average Bonchev–Trinajstić information content (AvgIpc) is 3.35. The minimum Gasteiger partial charge on any atom is -0.309 e. The summed E-state index contributed by atoms with van der Waals surface area (Å²) in [6.45, 7) is 0. The first kappa shape index (κ1) is 21.7. The van der Waals surface area contributed by atoms with Gasteiger partial charge in [-0.3, -0.25) is 4.98 Å². The molecule has 0 atom stereocenters. The molecule has 0 radical (unpaired) electrons. The van der Waals surface area contributed by atoms with Crippen LogP contribution in [0, 0.1) is 0 Å². The zero-order valence-corrected chi connectivity index (χ0v) is 21.8. The van der Waals surface area contributed by atoms with Crippen molar-refractivity contribution in [3.05, 3.63) is 145 Å². The Labute approximate surface area is 231 Å². The molecule has 0 spiro atoms. The Morgan fingerprint density at radius 1 is 0.575 bits per heavy atom. The van der Waals surface area contributed by atoms with Crippen LogP contribution in [0.1, 0.15) is 11.1 Å². The molecular formula is C38H24N2. The van der Waals surface area contributed by atoms with Gasteiger partial charge in [-0.1, -0.05) is 97.1 Å². The highest BCUT2D eigenvalue weighted by atomic mass is 15.0. The van der Waals surface area contributed by atoms with Crippen molar-refractivity contribution in [2.24, 2.45) is 0 Å². The van der Waals surface area contributed by atoms with Crippen LogP contribution in [0.25, 0.3) is 71.4 Å². The van der Waals surface area contributed by atoms with Gasteiger partial charge in [0.25, 0.3) is 0 Å². The van der Waals surface area contributed by atoms with Gasteiger partial charge >= 0.3 is 0 Å². The maximum Gasteiger partial charge on any atom is 0.0780 e. The first-order valence-electron chi connectivity index (χ1n) is 13.9. The topological polar surface area (TPSA) is 17.8 Å². The summed E-state index contributed by atoms with van der Waals surface area (Å²) in [5, 5.41) is 6.44. The lowest BCUT2D eigenvalue weighted by Gasteiger charge is -2.23. The highest BCUT2D eigenvalue weighted by molar-refractivity contribution is 6.22. The van der Waals surface area contributed by atoms with Crippen LogP contribution in [-0.2, 0) is 6.42 Å². The number of hydrogen-bond acceptors (Lipinski definition) is 1. The second-order valence-corrected chi connectivity index (χ2v) is 10.8. The molecule has 2 aromatic heterocycles. The number of benzene rings is 6. The molecule has 0 N–H and O–H groups in total. The average molecular weight is 509 g/mol. The minimum atomic E-state index is 0.972. The van der Waals surface area contributed by atoms with E-state index in [2.05, 4.69) is 126 Å². The summed E-state index contributed by atoms with van der Waals surface area (Å²) >= 11 is 0. The molecule has 0 fully saturated rings. The van der Waals surface area contributed by atoms with Gasteiger partial charge in [0, 0.05) is 39.2 Å². The molecule has 0 saturated carbocycles. The Morgan fingerprint density at radius 3 is 2.27 bits per heavy atom. The van der Waals surface area contributed by atoms with E-state index in [9.17, 15) is 0 Å². The Hall–Kier alpha value is -5.21. The molecule has 6 aromatic carbocycles. The number of aromatic nitrogens is 2. The number of rotatable bonds is 2. The van der Waals surface area contributed by atoms with Crippen LogP contribution in [-0.4, -0.2) is 9.55 Å². The predicted molar refractivity (Wildman–Crippen MR) is 167 cm³/mol. The van der Waals surface area contributed by atoms with Crippen LogP contribution < -0.4 is 0 Å². The lowest BCUT2D eigenvalue weighted by atomic mass is 9.82. The van der Waals surface area contributed by atoms with Gasteiger partial charge in [-0.2, -0.15) is 0 Å². The fourth-order valence-electron chi connectivity index (χ4n) is 6.90. The molecule has 0 aliphatic heterocycles. The summed E-state index contributed by atoms with van der Waals surface area (Å²) in [6.07, 6.45) is 2.85. The van der Waals surface area contributed by atoms with E-state index in [1.807, 2.05) is 12.3 Å². The second kappa shape index (κ2) is 8.14. The van der Waals surface area contributed by atoms with Crippen molar-refractivity contribution in [2.45, 2.75) is 6.42 Å². The third kappa shape index (κ3) is 2.96. The Kier molecular flexibility index (Phi) is 4.42. The monoisotopic (exact) mass is 508 g/mol. The second-order valence-electron chi connectivity index (χ2n) is 10.8. The minimum absolute atomic E-state index is 0.972. The molecule has 2 heterocycles. The summed E-state index contributed by atoms with van der Waals surface area (Å²) in [5.41, 5.74) is 12.5. The predicted octanol–water partition coefficient (Wildman–Crippen LogP) is 9.72. The van der Waals surface area contributed by atoms with Gasteiger partial charge < -0.3 is 4.57 Å². The first-order chi connectivity index (χ1) is 19.8. The highest BCUT2D eigenvalue weighted by Crippen LogP contribution is 2.47. The van der Waals surface area contributed by atoms with Gasteiger partial charge in [0.05, 0.1) is 16.6 Å². The van der Waals surface area contributed by atoms with Crippen molar-refractivity contribution < 1.29 is 0 Å². The molecule has 2 nitrogen and oxygen atoms in total. The molecule has 0 bridgehead atoms. The molecule has 186 valence electrons. The van der Waals surface area contributed by atoms with Gasteiger partial charge in [0.1, 0.15) is 0 Å². The van der Waals surface area contributed by atoms with E-state index in [-0.39, 0.29) is 0 Å². The summed E-state index contributed by atoms with van der Waals surface area (Å²) in [5.74, 6) is 0. The van der Waals surface area contributed by atoms with Crippen LogP contribution in [0.3, 0.4) is 0 Å². The molecule has 0 saturated heterocycles. The van der Waals surface area contributed by atoms with E-state index in [1.165, 1.54) is 66.1 Å². The van der Waals surface area contributed by atoms with Gasteiger partial charge in [-0.05, 0) is 69.8 Å². The third-order valence-corrected chi connectivity index (χ3v) is 8.62. The smallest absolute Gasteiger partial charge is 0.0780 e. The largest absolute Gasteiger partial charge is 0.309 e. The van der Waals surface area contributed by atoms with Crippen molar-refractivity contribution in [2.75, 3.05) is 0 Å². The van der Waals surface area contributed by atoms with Gasteiger partial charge in [0.15, 0.2) is 0 Å². The molecular weight excluding hydrogens is 484 g/mol. The fourth-order valence-corrected chi connectivity index (χ4v) is 6.90. The zero-order valence-electron chi connectivity index (χ0n) is 21.8. The quantitative estimate of drug-likeness (QED) is 0.227. The van der Waals surface area contributed by atoms with Gasteiger partial charge in [0.2, 0.25) is 0 Å². The van der Waals surface area contributed by atoms with E-state index in [1.54, 1.807) is 0 Å². The van der Waals surface area contributed by atoms with Crippen LogP contribution in [0.2, 0.25) is 0 Å². The Balaban J connectivity index is 1.37. The SMILES string of the molecule is c1ccc2c(c1)Cc1cccc3cc4c5ccccc5n(-c5ccc(-c6cccc7cccnc67)cc5)c4c-2c13. The van der Waals surface area contributed by atoms with Crippen molar-refractivity contribution >= 4 is 43.5 Å². The zero-order chi connectivity index (χ0) is 26.2. The van der Waals surface area contributed by atoms with Gasteiger partial charge in [-0.15, -0.1) is 0 Å². The highest BCUT2D eigenvalue weighted by Gasteiger charge is 2.25. The molecule has 0 amide bonds. The molecule has 9 rings (SSSR count). The lowest BCUT2D eigenvalue weighted by Crippen LogP contribution is -2.03. The van der Waals surface area contributed by atoms with Crippen LogP contribution in [0.4, 0.5) is 0 Å². The summed E-state index contributed by atoms with van der Waals surface area (Å²) in [4.78, 5) is 4.69. The normalized spacial score (nSPS) is 12.4. The number of para-hydroxylation sites is 2. The summed E-state index contributed by atoms with van der Waals surface area (Å²) in [7, 11) is 0. The molecule has 1 aliphatic rings. The molecule has 8 aromatic rings. The maximum absolute atomic E-state index is 4.69. The van der Waals surface area contributed by atoms with Crippen LogP contribution >= 0.6 is 0 Å². The number of pyridine rings is 1. The molecule has 0 unspecified atom stereocenters. The van der Waals surface area contributed by atoms with E-state index in [4.69, 9.17) is 4.98 Å². The number of fused-ring (bicyclic) bond motifs is 7. The lowest BCUT2D eigenvalue weighted by molar-refractivity contribution is 1.17. The van der Waals surface area contributed by atoms with Crippen molar-refractivity contribution in [1.82, 2.24) is 9.55 Å². The standard InChI is InChI=1S/C38H24N2/c1-2-13-30-26(8-1)22-27-10-5-11-28-23-33-32-14-3-4-16-34(32)40(38(33)36(30)35(27)28)29-19-17-24(18-20-29)31-15-6-9-25-12-7-21-39-37(25)31/h1-21,23H,22H2. The van der Waals surface area contributed by atoms with E-state index in [0.29, 0.717) is 0 Å². The van der Waals surface area contributed by atoms with E-state index in [0.717, 1.165) is 22.9 Å². The third-order valence-electron chi connectivity index (χ3n) is 8.62. The van der Waals surface area contributed by atoms with Crippen molar-refractivity contribution in [3.63, 3.8) is 0 Å². The number of nitrogens with zero attached hydrogens (tertiary/aromatic N) is 2. The van der Waals surface area contributed by atoms with Crippen molar-refractivity contribution in [1.29, 1.82) is 0 Å². The van der Waals surface area contributed by atoms with E-state index >= 15 is 0 Å².